The van der Waals surface area contributed by atoms with E-state index < -0.39 is 18.0 Å². The van der Waals surface area contributed by atoms with Crippen molar-refractivity contribution in [2.45, 2.75) is 45.6 Å². The van der Waals surface area contributed by atoms with Gasteiger partial charge in [0.2, 0.25) is 0 Å². The number of aryl methyl sites for hydroxylation is 1. The van der Waals surface area contributed by atoms with Crippen molar-refractivity contribution in [2.75, 3.05) is 5.32 Å². The number of anilines is 1. The smallest absolute Gasteiger partial charge is 0.358 e. The number of aromatic nitrogens is 4. The predicted octanol–water partition coefficient (Wildman–Crippen LogP) is 3.73. The number of esters is 1. The molecule has 0 fully saturated rings. The van der Waals surface area contributed by atoms with E-state index in [9.17, 15) is 14.4 Å². The molecule has 1 aliphatic carbocycles. The van der Waals surface area contributed by atoms with Crippen molar-refractivity contribution in [3.8, 4) is 11.4 Å². The second-order valence-electron chi connectivity index (χ2n) is 9.20. The van der Waals surface area contributed by atoms with Gasteiger partial charge in [0.25, 0.3) is 11.5 Å². The number of amides is 1. The maximum Gasteiger partial charge on any atom is 0.358 e. The predicted molar refractivity (Wildman–Crippen MR) is 139 cm³/mol. The molecule has 5 rings (SSSR count). The zero-order chi connectivity index (χ0) is 26.1. The molecule has 2 aromatic heterocycles. The van der Waals surface area contributed by atoms with Crippen LogP contribution in [0.3, 0.4) is 0 Å². The number of carbonyl (C=O) groups is 2. The zero-order valence-corrected chi connectivity index (χ0v) is 21.1. The van der Waals surface area contributed by atoms with E-state index >= 15 is 0 Å². The minimum Gasteiger partial charge on any atom is -0.448 e. The monoisotopic (exact) mass is 499 g/mol. The first-order valence-corrected chi connectivity index (χ1v) is 12.4. The Balaban J connectivity index is 1.39. The van der Waals surface area contributed by atoms with Gasteiger partial charge in [-0.2, -0.15) is 5.10 Å². The number of para-hydroxylation sites is 2. The van der Waals surface area contributed by atoms with E-state index in [-0.39, 0.29) is 11.2 Å². The molecule has 190 valence electrons. The minimum atomic E-state index is -1.13. The molecule has 0 saturated heterocycles. The van der Waals surface area contributed by atoms with Crippen molar-refractivity contribution in [2.24, 2.45) is 7.05 Å². The van der Waals surface area contributed by atoms with Crippen LogP contribution in [0.4, 0.5) is 5.69 Å². The van der Waals surface area contributed by atoms with Gasteiger partial charge in [-0.1, -0.05) is 36.4 Å². The van der Waals surface area contributed by atoms with Crippen molar-refractivity contribution >= 4 is 17.6 Å². The third kappa shape index (κ3) is 4.48. The summed E-state index contributed by atoms with van der Waals surface area (Å²) in [7, 11) is 1.75. The van der Waals surface area contributed by atoms with Crippen LogP contribution >= 0.6 is 0 Å². The molecule has 0 saturated carbocycles. The van der Waals surface area contributed by atoms with Crippen molar-refractivity contribution in [3.63, 3.8) is 0 Å². The first-order chi connectivity index (χ1) is 17.9. The van der Waals surface area contributed by atoms with E-state index in [0.717, 1.165) is 42.6 Å². The van der Waals surface area contributed by atoms with Crippen LogP contribution in [-0.4, -0.2) is 37.1 Å². The Morgan fingerprint density at radius 2 is 1.59 bits per heavy atom. The van der Waals surface area contributed by atoms with E-state index in [1.54, 1.807) is 23.3 Å². The summed E-state index contributed by atoms with van der Waals surface area (Å²) in [6.45, 7) is 3.24. The molecule has 1 N–H and O–H groups in total. The molecule has 4 aromatic rings. The van der Waals surface area contributed by atoms with E-state index in [4.69, 9.17) is 9.84 Å². The molecular weight excluding hydrogens is 470 g/mol. The molecule has 1 amide bonds. The Morgan fingerprint density at radius 1 is 0.973 bits per heavy atom. The summed E-state index contributed by atoms with van der Waals surface area (Å²) < 4.78 is 10.4. The number of rotatable bonds is 6. The van der Waals surface area contributed by atoms with Crippen LogP contribution < -0.4 is 10.9 Å². The lowest BCUT2D eigenvalue weighted by Crippen LogP contribution is -2.33. The summed E-state index contributed by atoms with van der Waals surface area (Å²) in [5.74, 6) is -1.20. The number of nitrogens with one attached hydrogen (secondary N) is 1. The van der Waals surface area contributed by atoms with E-state index in [1.807, 2.05) is 60.7 Å². The highest BCUT2D eigenvalue weighted by Crippen LogP contribution is 2.27. The quantitative estimate of drug-likeness (QED) is 0.408. The molecule has 0 unspecified atom stereocenters. The molecule has 1 atom stereocenters. The lowest BCUT2D eigenvalue weighted by atomic mass is 9.96. The average Bonchev–Trinajstić information content (AvgIpc) is 3.40. The second-order valence-corrected chi connectivity index (χ2v) is 9.20. The van der Waals surface area contributed by atoms with Gasteiger partial charge in [0, 0.05) is 12.6 Å². The van der Waals surface area contributed by atoms with Gasteiger partial charge < -0.3 is 10.1 Å². The van der Waals surface area contributed by atoms with Crippen molar-refractivity contribution < 1.29 is 14.3 Å². The van der Waals surface area contributed by atoms with Crippen LogP contribution in [0.5, 0.6) is 0 Å². The molecule has 0 spiro atoms. The molecular formula is C28H29N5O4. The van der Waals surface area contributed by atoms with Crippen molar-refractivity contribution in [1.29, 1.82) is 0 Å². The highest BCUT2D eigenvalue weighted by Gasteiger charge is 2.30. The second kappa shape index (κ2) is 9.93. The van der Waals surface area contributed by atoms with Gasteiger partial charge in [-0.05, 0) is 63.8 Å². The standard InChI is InChI=1S/C28H29N5O4/c1-18-24(27(35)33(31(18)3)21-14-8-5-9-15-21)29-26(34)19(2)37-28(36)25-22-16-10-11-17-23(22)30-32(25)20-12-6-4-7-13-20/h4-9,12-15,19H,10-11,16-17H2,1-3H3,(H,29,34)/t19-/m0/s1. The Kier molecular flexibility index (Phi) is 6.52. The van der Waals surface area contributed by atoms with E-state index in [0.29, 0.717) is 17.1 Å². The van der Waals surface area contributed by atoms with Gasteiger partial charge in [0.05, 0.1) is 22.8 Å². The number of fused-ring (bicyclic) bond motifs is 1. The van der Waals surface area contributed by atoms with Gasteiger partial charge >= 0.3 is 5.97 Å². The first kappa shape index (κ1) is 24.3. The summed E-state index contributed by atoms with van der Waals surface area (Å²) in [6.07, 6.45) is 2.38. The Labute approximate surface area is 214 Å². The van der Waals surface area contributed by atoms with Gasteiger partial charge in [0.1, 0.15) is 5.69 Å². The van der Waals surface area contributed by atoms with Crippen LogP contribution in [0.2, 0.25) is 0 Å². The third-order valence-corrected chi connectivity index (χ3v) is 6.81. The highest BCUT2D eigenvalue weighted by atomic mass is 16.5. The van der Waals surface area contributed by atoms with Crippen LogP contribution in [-0.2, 0) is 29.4 Å². The number of hydrogen-bond acceptors (Lipinski definition) is 5. The van der Waals surface area contributed by atoms with E-state index in [1.165, 1.54) is 11.6 Å². The van der Waals surface area contributed by atoms with Crippen LogP contribution in [0.1, 0.15) is 47.2 Å². The van der Waals surface area contributed by atoms with Crippen molar-refractivity contribution in [1.82, 2.24) is 19.1 Å². The number of nitrogens with zero attached hydrogens (tertiary/aromatic N) is 4. The molecule has 2 heterocycles. The number of hydrogen-bond donors (Lipinski definition) is 1. The molecule has 0 radical (unpaired) electrons. The summed E-state index contributed by atoms with van der Waals surface area (Å²) in [6, 6.07) is 18.6. The maximum absolute atomic E-state index is 13.4. The summed E-state index contributed by atoms with van der Waals surface area (Å²) in [4.78, 5) is 39.6. The van der Waals surface area contributed by atoms with E-state index in [2.05, 4.69) is 5.32 Å². The topological polar surface area (TPSA) is 100 Å². The fourth-order valence-corrected chi connectivity index (χ4v) is 4.73. The molecule has 9 nitrogen and oxygen atoms in total. The van der Waals surface area contributed by atoms with Crippen LogP contribution in [0.15, 0.2) is 65.5 Å². The lowest BCUT2D eigenvalue weighted by Gasteiger charge is -2.15. The molecule has 37 heavy (non-hydrogen) atoms. The first-order valence-electron chi connectivity index (χ1n) is 12.4. The molecule has 1 aliphatic rings. The lowest BCUT2D eigenvalue weighted by molar-refractivity contribution is -0.123. The SMILES string of the molecule is Cc1c(NC(=O)[C@H](C)OC(=O)c2c3c(nn2-c2ccccc2)CCCC3)c(=O)n(-c2ccccc2)n1C. The van der Waals surface area contributed by atoms with Gasteiger partial charge in [-0.15, -0.1) is 0 Å². The number of carbonyl (C=O) groups excluding carboxylic acids is 2. The Bertz CT molecular complexity index is 1520. The molecule has 9 heteroatoms. The normalized spacial score (nSPS) is 13.6. The summed E-state index contributed by atoms with van der Waals surface area (Å²) in [5, 5.41) is 7.37. The van der Waals surface area contributed by atoms with Gasteiger partial charge in [0.15, 0.2) is 11.8 Å². The Hall–Kier alpha value is -4.40. The summed E-state index contributed by atoms with van der Waals surface area (Å²) >= 11 is 0. The Morgan fingerprint density at radius 3 is 2.27 bits per heavy atom. The maximum atomic E-state index is 13.4. The number of ether oxygens (including phenoxy) is 1. The fourth-order valence-electron chi connectivity index (χ4n) is 4.73. The van der Waals surface area contributed by atoms with Gasteiger partial charge in [-0.3, -0.25) is 14.3 Å². The highest BCUT2D eigenvalue weighted by molar-refractivity contribution is 5.97. The fraction of sp³-hybridized carbons (Fsp3) is 0.286. The minimum absolute atomic E-state index is 0.144. The molecule has 0 aliphatic heterocycles. The van der Waals surface area contributed by atoms with Gasteiger partial charge in [-0.25, -0.2) is 14.2 Å². The van der Waals surface area contributed by atoms with Crippen LogP contribution in [0.25, 0.3) is 11.4 Å². The number of benzene rings is 2. The largest absolute Gasteiger partial charge is 0.448 e. The average molecular weight is 500 g/mol. The summed E-state index contributed by atoms with van der Waals surface area (Å²) in [5.41, 5.74) is 3.90. The molecule has 0 bridgehead atoms. The molecule has 2 aromatic carbocycles. The third-order valence-electron chi connectivity index (χ3n) is 6.81. The van der Waals surface area contributed by atoms with Crippen molar-refractivity contribution in [3.05, 3.63) is 93.7 Å². The van der Waals surface area contributed by atoms with Crippen LogP contribution in [0, 0.1) is 6.92 Å². The zero-order valence-electron chi connectivity index (χ0n) is 21.1.